The van der Waals surface area contributed by atoms with Gasteiger partial charge in [-0.2, -0.15) is 5.10 Å². The summed E-state index contributed by atoms with van der Waals surface area (Å²) in [6.07, 6.45) is 4.14. The van der Waals surface area contributed by atoms with Crippen LogP contribution >= 0.6 is 12.4 Å². The number of rotatable bonds is 4. The minimum Gasteiger partial charge on any atom is -0.312 e. The van der Waals surface area contributed by atoms with Crippen molar-refractivity contribution in [2.75, 3.05) is 12.8 Å². The van der Waals surface area contributed by atoms with Crippen molar-refractivity contribution in [2.24, 2.45) is 0 Å². The molecule has 6 rings (SSSR count). The summed E-state index contributed by atoms with van der Waals surface area (Å²) in [5.41, 5.74) is 7.80. The van der Waals surface area contributed by atoms with E-state index in [0.29, 0.717) is 10.6 Å². The van der Waals surface area contributed by atoms with Crippen LogP contribution in [0.5, 0.6) is 0 Å². The van der Waals surface area contributed by atoms with E-state index < -0.39 is 9.84 Å². The first kappa shape index (κ1) is 23.2. The molecule has 10 heteroatoms. The molecule has 0 spiro atoms. The lowest BCUT2D eigenvalue weighted by Crippen LogP contribution is -2.23. The third-order valence-corrected chi connectivity index (χ3v) is 7.38. The smallest absolute Gasteiger partial charge is 0.175 e. The molecule has 3 aromatic carbocycles. The second-order valence-corrected chi connectivity index (χ2v) is 10.6. The van der Waals surface area contributed by atoms with Crippen molar-refractivity contribution >= 4 is 33.1 Å². The molecule has 0 saturated heterocycles. The van der Waals surface area contributed by atoms with Gasteiger partial charge >= 0.3 is 0 Å². The van der Waals surface area contributed by atoms with Crippen LogP contribution in [0.4, 0.5) is 0 Å². The maximum Gasteiger partial charge on any atom is 0.175 e. The summed E-state index contributed by atoms with van der Waals surface area (Å²) < 4.78 is 25.3. The summed E-state index contributed by atoms with van der Waals surface area (Å²) >= 11 is 0. The monoisotopic (exact) mass is 506 g/mol. The van der Waals surface area contributed by atoms with Crippen LogP contribution in [0.15, 0.2) is 71.8 Å². The highest BCUT2D eigenvalue weighted by Crippen LogP contribution is 2.30. The predicted molar refractivity (Wildman–Crippen MR) is 138 cm³/mol. The lowest BCUT2D eigenvalue weighted by atomic mass is 10.0. The highest BCUT2D eigenvalue weighted by Gasteiger charge is 2.15. The van der Waals surface area contributed by atoms with Gasteiger partial charge in [0.25, 0.3) is 0 Å². The van der Waals surface area contributed by atoms with Crippen molar-refractivity contribution in [3.8, 4) is 28.2 Å². The summed E-state index contributed by atoms with van der Waals surface area (Å²) in [5, 5.41) is 20.6. The number of benzene rings is 3. The van der Waals surface area contributed by atoms with E-state index in [1.165, 1.54) is 17.4 Å². The molecular weight excluding hydrogens is 484 g/mol. The van der Waals surface area contributed by atoms with Gasteiger partial charge in [0, 0.05) is 18.2 Å². The zero-order chi connectivity index (χ0) is 23.3. The highest BCUT2D eigenvalue weighted by molar-refractivity contribution is 7.90. The van der Waals surface area contributed by atoms with Crippen molar-refractivity contribution in [1.82, 2.24) is 30.5 Å². The molecule has 178 valence electrons. The van der Waals surface area contributed by atoms with Crippen LogP contribution in [-0.4, -0.2) is 46.4 Å². The van der Waals surface area contributed by atoms with Gasteiger partial charge < -0.3 is 5.32 Å². The number of nitrogens with zero attached hydrogens (tertiary/aromatic N) is 4. The van der Waals surface area contributed by atoms with Crippen molar-refractivity contribution in [1.29, 1.82) is 0 Å². The molecule has 0 radical (unpaired) electrons. The second-order valence-electron chi connectivity index (χ2n) is 8.56. The first-order valence-electron chi connectivity index (χ1n) is 11.0. The summed E-state index contributed by atoms with van der Waals surface area (Å²) in [5.74, 6) is 0. The molecule has 1 aliphatic rings. The molecule has 35 heavy (non-hydrogen) atoms. The molecule has 0 bridgehead atoms. The predicted octanol–water partition coefficient (Wildman–Crippen LogP) is 3.95. The molecule has 0 atom stereocenters. The number of halogens is 1. The second kappa shape index (κ2) is 8.92. The molecular formula is C25H23ClN6O2S. The van der Waals surface area contributed by atoms with Crippen LogP contribution < -0.4 is 5.32 Å². The highest BCUT2D eigenvalue weighted by atomic mass is 35.5. The Labute approximate surface area is 208 Å². The molecule has 8 nitrogen and oxygen atoms in total. The number of sulfone groups is 1. The van der Waals surface area contributed by atoms with Gasteiger partial charge in [0.05, 0.1) is 22.3 Å². The molecule has 0 fully saturated rings. The number of aromatic amines is 1. The Bertz CT molecular complexity index is 1640. The molecule has 0 unspecified atom stereocenters. The molecule has 0 amide bonds. The molecule has 0 saturated carbocycles. The van der Waals surface area contributed by atoms with E-state index in [0.717, 1.165) is 52.9 Å². The molecule has 5 aromatic rings. The normalized spacial score (nSPS) is 13.4. The lowest BCUT2D eigenvalue weighted by Gasteiger charge is -2.17. The molecule has 2 N–H and O–H groups in total. The van der Waals surface area contributed by atoms with E-state index in [-0.39, 0.29) is 12.4 Å². The number of aromatic nitrogens is 5. The zero-order valence-corrected chi connectivity index (χ0v) is 20.5. The molecule has 2 aromatic heterocycles. The lowest BCUT2D eigenvalue weighted by molar-refractivity contribution is 0.602. The topological polar surface area (TPSA) is 106 Å². The fraction of sp³-hybridized carbons (Fsp3) is 0.160. The average molecular weight is 507 g/mol. The molecule has 3 heterocycles. The van der Waals surface area contributed by atoms with Crippen LogP contribution in [0.3, 0.4) is 0 Å². The Balaban J connectivity index is 0.00000253. The number of H-pyrrole nitrogens is 1. The van der Waals surface area contributed by atoms with Crippen molar-refractivity contribution in [3.05, 3.63) is 78.0 Å². The molecule has 1 aliphatic heterocycles. The fourth-order valence-corrected chi connectivity index (χ4v) is 5.02. The Morgan fingerprint density at radius 1 is 0.943 bits per heavy atom. The first-order chi connectivity index (χ1) is 16.5. The van der Waals surface area contributed by atoms with Crippen molar-refractivity contribution in [2.45, 2.75) is 17.9 Å². The largest absolute Gasteiger partial charge is 0.312 e. The maximum atomic E-state index is 11.8. The molecule has 0 aliphatic carbocycles. The van der Waals surface area contributed by atoms with Gasteiger partial charge in [-0.15, -0.1) is 17.5 Å². The van der Waals surface area contributed by atoms with E-state index >= 15 is 0 Å². The third kappa shape index (κ3) is 4.34. The average Bonchev–Trinajstić information content (AvgIpc) is 3.50. The number of nitrogens with one attached hydrogen (secondary N) is 2. The van der Waals surface area contributed by atoms with E-state index in [1.54, 1.807) is 16.8 Å². The van der Waals surface area contributed by atoms with Crippen LogP contribution in [-0.2, 0) is 22.8 Å². The number of hydrogen-bond acceptors (Lipinski definition) is 6. The number of hydrogen-bond donors (Lipinski definition) is 2. The fourth-order valence-electron chi connectivity index (χ4n) is 4.39. The Kier molecular flexibility index (Phi) is 5.92. The Hall–Kier alpha value is -3.53. The standard InChI is InChI=1S/C25H22N6O2S.ClH/c1-34(32,33)21-7-3-16(4-8-21)18-5-9-23-22(13-18)25(29-27-23)24-15-31(30-28-24)20-6-2-17-10-11-26-14-19(17)12-20;/h2-9,12-13,15,26H,10-11,14H2,1H3,(H,27,29);1H. The van der Waals surface area contributed by atoms with E-state index in [4.69, 9.17) is 0 Å². The summed E-state index contributed by atoms with van der Waals surface area (Å²) in [4.78, 5) is 0.302. The summed E-state index contributed by atoms with van der Waals surface area (Å²) in [6.45, 7) is 1.87. The van der Waals surface area contributed by atoms with Crippen LogP contribution in [0.2, 0.25) is 0 Å². The van der Waals surface area contributed by atoms with Crippen LogP contribution in [0.25, 0.3) is 39.1 Å². The Morgan fingerprint density at radius 2 is 1.74 bits per heavy atom. The summed E-state index contributed by atoms with van der Waals surface area (Å²) in [6, 6.07) is 19.3. The van der Waals surface area contributed by atoms with E-state index in [9.17, 15) is 8.42 Å². The van der Waals surface area contributed by atoms with Crippen LogP contribution in [0, 0.1) is 0 Å². The van der Waals surface area contributed by atoms with Crippen molar-refractivity contribution in [3.63, 3.8) is 0 Å². The summed E-state index contributed by atoms with van der Waals surface area (Å²) in [7, 11) is -3.23. The van der Waals surface area contributed by atoms with Gasteiger partial charge in [-0.1, -0.05) is 29.5 Å². The van der Waals surface area contributed by atoms with Gasteiger partial charge in [-0.25, -0.2) is 13.1 Å². The SMILES string of the molecule is CS(=O)(=O)c1ccc(-c2ccc3[nH]nc(-c4cn(-c5ccc6c(c5)CNCC6)nn4)c3c2)cc1.Cl. The Morgan fingerprint density at radius 3 is 2.54 bits per heavy atom. The van der Waals surface area contributed by atoms with Crippen molar-refractivity contribution < 1.29 is 8.42 Å². The van der Waals surface area contributed by atoms with Gasteiger partial charge in [-0.05, 0) is 71.6 Å². The maximum absolute atomic E-state index is 11.8. The quantitative estimate of drug-likeness (QED) is 0.382. The van der Waals surface area contributed by atoms with Gasteiger partial charge in [0.1, 0.15) is 11.4 Å². The first-order valence-corrected chi connectivity index (χ1v) is 12.9. The number of fused-ring (bicyclic) bond motifs is 2. The van der Waals surface area contributed by atoms with Gasteiger partial charge in [0.15, 0.2) is 9.84 Å². The minimum absolute atomic E-state index is 0. The van der Waals surface area contributed by atoms with E-state index in [2.05, 4.69) is 44.0 Å². The van der Waals surface area contributed by atoms with Gasteiger partial charge in [-0.3, -0.25) is 5.10 Å². The minimum atomic E-state index is -3.23. The van der Waals surface area contributed by atoms with Crippen LogP contribution in [0.1, 0.15) is 11.1 Å². The van der Waals surface area contributed by atoms with Gasteiger partial charge in [0.2, 0.25) is 0 Å². The van der Waals surface area contributed by atoms with E-state index in [1.807, 2.05) is 36.5 Å². The third-order valence-electron chi connectivity index (χ3n) is 6.26. The zero-order valence-electron chi connectivity index (χ0n) is 18.9.